The van der Waals surface area contributed by atoms with E-state index in [4.69, 9.17) is 14.2 Å². The van der Waals surface area contributed by atoms with E-state index >= 15 is 0 Å². The third-order valence-electron chi connectivity index (χ3n) is 3.21. The Hall–Kier alpha value is -1.88. The van der Waals surface area contributed by atoms with Gasteiger partial charge in [-0.15, -0.1) is 0 Å². The maximum atomic E-state index is 12.3. The molecular formula is C17H24O5. The van der Waals surface area contributed by atoms with Gasteiger partial charge in [0.2, 0.25) is 0 Å². The minimum Gasteiger partial charge on any atom is -0.465 e. The number of carbonyl (C=O) groups is 2. The molecule has 1 aromatic rings. The fraction of sp³-hybridized carbons (Fsp3) is 0.529. The number of hydrogen-bond acceptors (Lipinski definition) is 5. The summed E-state index contributed by atoms with van der Waals surface area (Å²) in [5, 5.41) is 0. The lowest BCUT2D eigenvalue weighted by Crippen LogP contribution is -2.35. The van der Waals surface area contributed by atoms with Crippen LogP contribution < -0.4 is 0 Å². The van der Waals surface area contributed by atoms with Crippen LogP contribution in [0, 0.1) is 5.92 Å². The van der Waals surface area contributed by atoms with Crippen molar-refractivity contribution in [3.05, 3.63) is 35.9 Å². The lowest BCUT2D eigenvalue weighted by Gasteiger charge is -2.24. The summed E-state index contributed by atoms with van der Waals surface area (Å²) in [4.78, 5) is 24.5. The van der Waals surface area contributed by atoms with Crippen LogP contribution >= 0.6 is 0 Å². The zero-order valence-corrected chi connectivity index (χ0v) is 13.4. The molecule has 1 rings (SSSR count). The van der Waals surface area contributed by atoms with Gasteiger partial charge in [-0.1, -0.05) is 30.3 Å². The Morgan fingerprint density at radius 2 is 1.45 bits per heavy atom. The summed E-state index contributed by atoms with van der Waals surface area (Å²) in [6, 6.07) is 9.35. The van der Waals surface area contributed by atoms with Crippen molar-refractivity contribution in [3.63, 3.8) is 0 Å². The fourth-order valence-electron chi connectivity index (χ4n) is 2.22. The van der Waals surface area contributed by atoms with Gasteiger partial charge in [0, 0.05) is 12.5 Å². The van der Waals surface area contributed by atoms with Crippen molar-refractivity contribution in [2.75, 3.05) is 26.4 Å². The quantitative estimate of drug-likeness (QED) is 0.518. The predicted octanol–water partition coefficient (Wildman–Crippen LogP) is 2.55. The van der Waals surface area contributed by atoms with Gasteiger partial charge >= 0.3 is 11.9 Å². The highest BCUT2D eigenvalue weighted by atomic mass is 16.6. The normalized spacial score (nSPS) is 12.0. The van der Waals surface area contributed by atoms with E-state index in [0.717, 1.165) is 5.56 Å². The first-order valence-electron chi connectivity index (χ1n) is 7.61. The van der Waals surface area contributed by atoms with Crippen LogP contribution in [-0.2, 0) is 23.8 Å². The zero-order chi connectivity index (χ0) is 16.4. The Morgan fingerprint density at radius 1 is 0.909 bits per heavy atom. The van der Waals surface area contributed by atoms with E-state index in [-0.39, 0.29) is 19.8 Å². The number of benzene rings is 1. The number of carbonyl (C=O) groups excluding carboxylic acids is 2. The largest absolute Gasteiger partial charge is 0.465 e. The lowest BCUT2D eigenvalue weighted by atomic mass is 9.86. The Balaban J connectivity index is 3.11. The molecule has 0 spiro atoms. The SMILES string of the molecule is CCOCC(c1ccccc1)C(C(=O)OCC)C(=O)OCC. The molecule has 0 N–H and O–H groups in total. The molecule has 0 fully saturated rings. The van der Waals surface area contributed by atoms with Crippen molar-refractivity contribution >= 4 is 11.9 Å². The monoisotopic (exact) mass is 308 g/mol. The van der Waals surface area contributed by atoms with Crippen LogP contribution in [0.25, 0.3) is 0 Å². The Morgan fingerprint density at radius 3 is 1.91 bits per heavy atom. The molecule has 0 aliphatic rings. The fourth-order valence-corrected chi connectivity index (χ4v) is 2.22. The molecule has 1 atom stereocenters. The first-order chi connectivity index (χ1) is 10.7. The topological polar surface area (TPSA) is 61.8 Å². The van der Waals surface area contributed by atoms with Gasteiger partial charge in [0.25, 0.3) is 0 Å². The molecule has 0 saturated heterocycles. The highest BCUT2D eigenvalue weighted by Crippen LogP contribution is 2.28. The van der Waals surface area contributed by atoms with E-state index in [1.165, 1.54) is 0 Å². The molecule has 22 heavy (non-hydrogen) atoms. The molecule has 5 nitrogen and oxygen atoms in total. The molecule has 1 aromatic carbocycles. The lowest BCUT2D eigenvalue weighted by molar-refractivity contribution is -0.163. The Labute approximate surface area is 131 Å². The van der Waals surface area contributed by atoms with Gasteiger partial charge < -0.3 is 14.2 Å². The summed E-state index contributed by atoms with van der Waals surface area (Å²) >= 11 is 0. The summed E-state index contributed by atoms with van der Waals surface area (Å²) < 4.78 is 15.6. The predicted molar refractivity (Wildman–Crippen MR) is 82.4 cm³/mol. The van der Waals surface area contributed by atoms with Gasteiger partial charge in [0.05, 0.1) is 19.8 Å². The third-order valence-corrected chi connectivity index (χ3v) is 3.21. The summed E-state index contributed by atoms with van der Waals surface area (Å²) in [5.41, 5.74) is 0.849. The van der Waals surface area contributed by atoms with E-state index in [9.17, 15) is 9.59 Å². The first kappa shape index (κ1) is 18.2. The van der Waals surface area contributed by atoms with Gasteiger partial charge in [-0.25, -0.2) is 0 Å². The molecule has 122 valence electrons. The molecule has 0 saturated carbocycles. The van der Waals surface area contributed by atoms with Gasteiger partial charge in [-0.2, -0.15) is 0 Å². The zero-order valence-electron chi connectivity index (χ0n) is 13.4. The van der Waals surface area contributed by atoms with Crippen LogP contribution in [0.5, 0.6) is 0 Å². The summed E-state index contributed by atoms with van der Waals surface area (Å²) in [6.07, 6.45) is 0. The summed E-state index contributed by atoms with van der Waals surface area (Å²) in [7, 11) is 0. The molecule has 0 radical (unpaired) electrons. The van der Waals surface area contributed by atoms with Crippen LogP contribution in [0.4, 0.5) is 0 Å². The van der Waals surface area contributed by atoms with Crippen LogP contribution in [0.3, 0.4) is 0 Å². The maximum absolute atomic E-state index is 12.3. The minimum atomic E-state index is -1.02. The Kier molecular flexibility index (Phi) is 8.22. The molecule has 5 heteroatoms. The molecular weight excluding hydrogens is 284 g/mol. The van der Waals surface area contributed by atoms with Crippen LogP contribution in [0.15, 0.2) is 30.3 Å². The van der Waals surface area contributed by atoms with Crippen LogP contribution in [-0.4, -0.2) is 38.4 Å². The van der Waals surface area contributed by atoms with Crippen molar-refractivity contribution in [1.82, 2.24) is 0 Å². The van der Waals surface area contributed by atoms with Crippen molar-refractivity contribution in [2.24, 2.45) is 5.92 Å². The van der Waals surface area contributed by atoms with Gasteiger partial charge in [0.1, 0.15) is 0 Å². The van der Waals surface area contributed by atoms with Gasteiger partial charge in [0.15, 0.2) is 5.92 Å². The molecule has 0 bridgehead atoms. The maximum Gasteiger partial charge on any atom is 0.321 e. The van der Waals surface area contributed by atoms with E-state index in [2.05, 4.69) is 0 Å². The van der Waals surface area contributed by atoms with Crippen molar-refractivity contribution < 1.29 is 23.8 Å². The smallest absolute Gasteiger partial charge is 0.321 e. The third kappa shape index (κ3) is 5.15. The molecule has 0 aliphatic carbocycles. The van der Waals surface area contributed by atoms with E-state index in [1.54, 1.807) is 13.8 Å². The number of ether oxygens (including phenoxy) is 3. The van der Waals surface area contributed by atoms with E-state index in [1.807, 2.05) is 37.3 Å². The molecule has 0 aliphatic heterocycles. The van der Waals surface area contributed by atoms with Crippen LogP contribution in [0.1, 0.15) is 32.3 Å². The number of esters is 2. The number of rotatable bonds is 9. The average Bonchev–Trinajstić information content (AvgIpc) is 2.52. The second-order valence-electron chi connectivity index (χ2n) is 4.66. The average molecular weight is 308 g/mol. The minimum absolute atomic E-state index is 0.213. The highest BCUT2D eigenvalue weighted by Gasteiger charge is 2.38. The van der Waals surface area contributed by atoms with Gasteiger partial charge in [-0.3, -0.25) is 9.59 Å². The van der Waals surface area contributed by atoms with E-state index in [0.29, 0.717) is 6.61 Å². The van der Waals surface area contributed by atoms with E-state index < -0.39 is 23.8 Å². The Bertz CT molecular complexity index is 439. The molecule has 1 unspecified atom stereocenters. The van der Waals surface area contributed by atoms with Crippen molar-refractivity contribution in [1.29, 1.82) is 0 Å². The van der Waals surface area contributed by atoms with Crippen LogP contribution in [0.2, 0.25) is 0 Å². The number of hydrogen-bond donors (Lipinski definition) is 0. The van der Waals surface area contributed by atoms with Gasteiger partial charge in [-0.05, 0) is 26.3 Å². The second kappa shape index (κ2) is 9.95. The standard InChI is InChI=1S/C17H24O5/c1-4-20-12-14(13-10-8-7-9-11-13)15(16(18)21-5-2)17(19)22-6-3/h7-11,14-15H,4-6,12H2,1-3H3. The summed E-state index contributed by atoms with van der Waals surface area (Å²) in [5.74, 6) is -2.60. The summed E-state index contributed by atoms with van der Waals surface area (Å²) in [6.45, 7) is 6.46. The second-order valence-corrected chi connectivity index (χ2v) is 4.66. The first-order valence-corrected chi connectivity index (χ1v) is 7.61. The van der Waals surface area contributed by atoms with Crippen molar-refractivity contribution in [3.8, 4) is 0 Å². The van der Waals surface area contributed by atoms with Crippen molar-refractivity contribution in [2.45, 2.75) is 26.7 Å². The highest BCUT2D eigenvalue weighted by molar-refractivity contribution is 5.96. The molecule has 0 amide bonds. The molecule has 0 heterocycles. The molecule has 0 aromatic heterocycles.